The Kier molecular flexibility index (Phi) is 7.08. The molecule has 0 saturated heterocycles. The molecule has 1 amide bonds. The third-order valence-corrected chi connectivity index (χ3v) is 1.53. The van der Waals surface area contributed by atoms with E-state index in [1.807, 2.05) is 7.05 Å². The molecule has 0 heterocycles. The highest BCUT2D eigenvalue weighted by molar-refractivity contribution is 5.45. The van der Waals surface area contributed by atoms with Crippen molar-refractivity contribution in [3.63, 3.8) is 0 Å². The van der Waals surface area contributed by atoms with Gasteiger partial charge in [0.15, 0.2) is 0 Å². The second-order valence-electron chi connectivity index (χ2n) is 2.47. The van der Waals surface area contributed by atoms with E-state index in [9.17, 15) is 4.79 Å². The first kappa shape index (κ1) is 10.4. The second kappa shape index (κ2) is 7.50. The summed E-state index contributed by atoms with van der Waals surface area (Å²) in [5.41, 5.74) is 0. The first-order valence-corrected chi connectivity index (χ1v) is 3.77. The van der Waals surface area contributed by atoms with E-state index in [1.54, 1.807) is 0 Å². The number of nitrogens with one attached hydrogen (secondary N) is 2. The summed E-state index contributed by atoms with van der Waals surface area (Å²) in [4.78, 5) is 9.84. The van der Waals surface area contributed by atoms with Crippen LogP contribution in [-0.4, -0.2) is 38.3 Å². The van der Waals surface area contributed by atoms with Gasteiger partial charge in [-0.3, -0.25) is 4.79 Å². The molecular formula is C7H16N2O2. The fourth-order valence-electron chi connectivity index (χ4n) is 0.893. The van der Waals surface area contributed by atoms with Crippen LogP contribution in [0.15, 0.2) is 0 Å². The monoisotopic (exact) mass is 160 g/mol. The molecule has 0 fully saturated rings. The summed E-state index contributed by atoms with van der Waals surface area (Å²) in [6.07, 6.45) is 1.49. The van der Waals surface area contributed by atoms with Crippen molar-refractivity contribution in [2.24, 2.45) is 5.92 Å². The van der Waals surface area contributed by atoms with Crippen molar-refractivity contribution in [1.82, 2.24) is 10.6 Å². The minimum absolute atomic E-state index is 0.168. The summed E-state index contributed by atoms with van der Waals surface area (Å²) < 4.78 is 0. The Hall–Kier alpha value is -0.610. The Bertz CT molecular complexity index is 98.4. The summed E-state index contributed by atoms with van der Waals surface area (Å²) >= 11 is 0. The van der Waals surface area contributed by atoms with E-state index in [0.29, 0.717) is 13.0 Å². The molecule has 4 heteroatoms. The highest BCUT2D eigenvalue weighted by Crippen LogP contribution is 1.97. The molecule has 11 heavy (non-hydrogen) atoms. The highest BCUT2D eigenvalue weighted by Gasteiger charge is 2.04. The average molecular weight is 160 g/mol. The van der Waals surface area contributed by atoms with E-state index in [-0.39, 0.29) is 12.5 Å². The van der Waals surface area contributed by atoms with Gasteiger partial charge in [-0.05, 0) is 25.9 Å². The maximum Gasteiger partial charge on any atom is 0.207 e. The van der Waals surface area contributed by atoms with E-state index >= 15 is 0 Å². The Morgan fingerprint density at radius 2 is 2.36 bits per heavy atom. The fourth-order valence-corrected chi connectivity index (χ4v) is 0.893. The van der Waals surface area contributed by atoms with Crippen LogP contribution in [0.2, 0.25) is 0 Å². The molecule has 0 aliphatic carbocycles. The summed E-state index contributed by atoms with van der Waals surface area (Å²) in [5, 5.41) is 14.3. The zero-order valence-electron chi connectivity index (χ0n) is 6.84. The Morgan fingerprint density at radius 1 is 1.64 bits per heavy atom. The largest absolute Gasteiger partial charge is 0.396 e. The zero-order chi connectivity index (χ0) is 8.53. The molecule has 4 nitrogen and oxygen atoms in total. The van der Waals surface area contributed by atoms with E-state index in [2.05, 4.69) is 10.6 Å². The molecule has 0 saturated carbocycles. The summed E-state index contributed by atoms with van der Waals surface area (Å²) in [5.74, 6) is 0.243. The molecule has 0 aliphatic rings. The number of carbonyl (C=O) groups is 1. The predicted molar refractivity (Wildman–Crippen MR) is 43.2 cm³/mol. The standard InChI is InChI=1S/C7H16N2O2/c1-8-4-7(5-10)2-3-9-6-11/h6-8,10H,2-5H2,1H3,(H,9,11). The predicted octanol–water partition coefficient (Wildman–Crippen LogP) is -1.05. The minimum atomic E-state index is 0.168. The Balaban J connectivity index is 3.27. The van der Waals surface area contributed by atoms with Crippen LogP contribution in [0.4, 0.5) is 0 Å². The number of amides is 1. The SMILES string of the molecule is CNCC(CO)CCNC=O. The number of aliphatic hydroxyl groups excluding tert-OH is 1. The van der Waals surface area contributed by atoms with Gasteiger partial charge >= 0.3 is 0 Å². The van der Waals surface area contributed by atoms with Gasteiger partial charge in [-0.2, -0.15) is 0 Å². The van der Waals surface area contributed by atoms with Crippen LogP contribution in [0, 0.1) is 5.92 Å². The van der Waals surface area contributed by atoms with Crippen molar-refractivity contribution in [3.8, 4) is 0 Å². The van der Waals surface area contributed by atoms with E-state index < -0.39 is 0 Å². The lowest BCUT2D eigenvalue weighted by molar-refractivity contribution is -0.109. The molecule has 0 aliphatic heterocycles. The van der Waals surface area contributed by atoms with Gasteiger partial charge in [0, 0.05) is 13.2 Å². The lowest BCUT2D eigenvalue weighted by Gasteiger charge is -2.12. The lowest BCUT2D eigenvalue weighted by Crippen LogP contribution is -2.25. The van der Waals surface area contributed by atoms with Crippen LogP contribution < -0.4 is 10.6 Å². The number of hydrogen-bond donors (Lipinski definition) is 3. The molecular weight excluding hydrogens is 144 g/mol. The third-order valence-electron chi connectivity index (χ3n) is 1.53. The van der Waals surface area contributed by atoms with Gasteiger partial charge in [0.05, 0.1) is 0 Å². The number of rotatable bonds is 7. The molecule has 1 atom stereocenters. The van der Waals surface area contributed by atoms with E-state index in [0.717, 1.165) is 13.0 Å². The summed E-state index contributed by atoms with van der Waals surface area (Å²) in [6, 6.07) is 0. The first-order chi connectivity index (χ1) is 5.35. The fraction of sp³-hybridized carbons (Fsp3) is 0.857. The van der Waals surface area contributed by atoms with Crippen molar-refractivity contribution in [2.75, 3.05) is 26.7 Å². The van der Waals surface area contributed by atoms with Crippen LogP contribution in [0.1, 0.15) is 6.42 Å². The van der Waals surface area contributed by atoms with Crippen molar-refractivity contribution < 1.29 is 9.90 Å². The van der Waals surface area contributed by atoms with Crippen LogP contribution in [0.5, 0.6) is 0 Å². The average Bonchev–Trinajstić information content (AvgIpc) is 2.03. The lowest BCUT2D eigenvalue weighted by atomic mass is 10.1. The molecule has 0 rings (SSSR count). The van der Waals surface area contributed by atoms with Gasteiger partial charge in [0.2, 0.25) is 6.41 Å². The number of hydrogen-bond acceptors (Lipinski definition) is 3. The smallest absolute Gasteiger partial charge is 0.207 e. The van der Waals surface area contributed by atoms with E-state index in [1.165, 1.54) is 0 Å². The van der Waals surface area contributed by atoms with Gasteiger partial charge in [0.25, 0.3) is 0 Å². The third kappa shape index (κ3) is 5.82. The van der Waals surface area contributed by atoms with Gasteiger partial charge in [-0.15, -0.1) is 0 Å². The highest BCUT2D eigenvalue weighted by atomic mass is 16.3. The minimum Gasteiger partial charge on any atom is -0.396 e. The zero-order valence-corrected chi connectivity index (χ0v) is 6.84. The van der Waals surface area contributed by atoms with Crippen LogP contribution in [-0.2, 0) is 4.79 Å². The molecule has 66 valence electrons. The number of aliphatic hydroxyl groups is 1. The van der Waals surface area contributed by atoms with Gasteiger partial charge in [0.1, 0.15) is 0 Å². The van der Waals surface area contributed by atoms with Crippen LogP contribution in [0.3, 0.4) is 0 Å². The number of carbonyl (C=O) groups excluding carboxylic acids is 1. The molecule has 3 N–H and O–H groups in total. The molecule has 0 aromatic rings. The maximum absolute atomic E-state index is 9.84. The first-order valence-electron chi connectivity index (χ1n) is 3.77. The maximum atomic E-state index is 9.84. The van der Waals surface area contributed by atoms with Gasteiger partial charge in [-0.1, -0.05) is 0 Å². The molecule has 0 aromatic heterocycles. The molecule has 1 unspecified atom stereocenters. The molecule has 0 aromatic carbocycles. The van der Waals surface area contributed by atoms with Gasteiger partial charge < -0.3 is 15.7 Å². The summed E-state index contributed by atoms with van der Waals surface area (Å²) in [7, 11) is 1.84. The quantitative estimate of drug-likeness (QED) is 0.329. The van der Waals surface area contributed by atoms with Crippen molar-refractivity contribution >= 4 is 6.41 Å². The Labute approximate surface area is 67.0 Å². The summed E-state index contributed by atoms with van der Waals surface area (Å²) in [6.45, 7) is 1.59. The molecule has 0 radical (unpaired) electrons. The van der Waals surface area contributed by atoms with Crippen molar-refractivity contribution in [2.45, 2.75) is 6.42 Å². The van der Waals surface area contributed by atoms with Crippen molar-refractivity contribution in [1.29, 1.82) is 0 Å². The normalized spacial score (nSPS) is 12.5. The Morgan fingerprint density at radius 3 is 2.82 bits per heavy atom. The molecule has 0 bridgehead atoms. The van der Waals surface area contributed by atoms with Crippen molar-refractivity contribution in [3.05, 3.63) is 0 Å². The topological polar surface area (TPSA) is 61.4 Å². The molecule has 0 spiro atoms. The van der Waals surface area contributed by atoms with E-state index in [4.69, 9.17) is 5.11 Å². The second-order valence-corrected chi connectivity index (χ2v) is 2.47. The van der Waals surface area contributed by atoms with Gasteiger partial charge in [-0.25, -0.2) is 0 Å². The van der Waals surface area contributed by atoms with Crippen LogP contribution in [0.25, 0.3) is 0 Å². The van der Waals surface area contributed by atoms with Crippen LogP contribution >= 0.6 is 0 Å².